The highest BCUT2D eigenvalue weighted by atomic mass is 35.5. The number of hydrogen-bond donors (Lipinski definition) is 2. The Balaban J connectivity index is 2.33. The van der Waals surface area contributed by atoms with Crippen molar-refractivity contribution in [2.45, 2.75) is 31.3 Å². The number of halogens is 2. The van der Waals surface area contributed by atoms with Gasteiger partial charge in [-0.3, -0.25) is 0 Å². The Kier molecular flexibility index (Phi) is 4.54. The van der Waals surface area contributed by atoms with Gasteiger partial charge in [0.05, 0.1) is 15.6 Å². The average Bonchev–Trinajstić information content (AvgIpc) is 2.36. The second-order valence-corrected chi connectivity index (χ2v) is 5.87. The van der Waals surface area contributed by atoms with Crippen LogP contribution in [0.15, 0.2) is 18.2 Å². The van der Waals surface area contributed by atoms with Crippen molar-refractivity contribution in [3.05, 3.63) is 33.8 Å². The highest BCUT2D eigenvalue weighted by Gasteiger charge is 2.40. The molecule has 1 aliphatic rings. The molecule has 2 atom stereocenters. The predicted molar refractivity (Wildman–Crippen MR) is 76.2 cm³/mol. The number of hydrogen-bond acceptors (Lipinski definition) is 2. The third-order valence-corrected chi connectivity index (χ3v) is 4.64. The summed E-state index contributed by atoms with van der Waals surface area (Å²) in [5.41, 5.74) is 0.104. The zero-order valence-corrected chi connectivity index (χ0v) is 12.1. The minimum atomic E-state index is -0.782. The van der Waals surface area contributed by atoms with Gasteiger partial charge >= 0.3 is 0 Å². The molecule has 2 nitrogen and oxygen atoms in total. The summed E-state index contributed by atoms with van der Waals surface area (Å²) in [7, 11) is 1.92. The molecule has 1 saturated carbocycles. The summed E-state index contributed by atoms with van der Waals surface area (Å²) >= 11 is 12.0. The summed E-state index contributed by atoms with van der Waals surface area (Å²) in [5.74, 6) is 0.230. The number of rotatable bonds is 3. The molecule has 0 unspecified atom stereocenters. The van der Waals surface area contributed by atoms with Gasteiger partial charge in [0.15, 0.2) is 0 Å². The average molecular weight is 288 g/mol. The highest BCUT2D eigenvalue weighted by Crippen LogP contribution is 2.42. The first-order valence-electron chi connectivity index (χ1n) is 6.40. The first-order chi connectivity index (χ1) is 8.58. The molecule has 0 amide bonds. The molecule has 18 heavy (non-hydrogen) atoms. The Hall–Kier alpha value is -0.280. The summed E-state index contributed by atoms with van der Waals surface area (Å²) in [5, 5.41) is 15.2. The van der Waals surface area contributed by atoms with Crippen LogP contribution in [0.3, 0.4) is 0 Å². The number of benzene rings is 1. The molecule has 4 heteroatoms. The molecule has 2 N–H and O–H groups in total. The van der Waals surface area contributed by atoms with E-state index in [-0.39, 0.29) is 5.92 Å². The van der Waals surface area contributed by atoms with Crippen LogP contribution in [0.5, 0.6) is 0 Å². The standard InChI is InChI=1S/C14H19Cl2NO/c1-17-9-11-4-2-3-7-14(11,18)10-5-6-12(15)13(16)8-10/h5-6,8,11,17-18H,2-4,7,9H2,1H3/t11-,14+/m0/s1. The molecule has 2 rings (SSSR count). The second-order valence-electron chi connectivity index (χ2n) is 5.05. The van der Waals surface area contributed by atoms with Crippen molar-refractivity contribution < 1.29 is 5.11 Å². The Morgan fingerprint density at radius 1 is 1.33 bits per heavy atom. The van der Waals surface area contributed by atoms with Crippen LogP contribution in [0.2, 0.25) is 10.0 Å². The molecule has 0 heterocycles. The van der Waals surface area contributed by atoms with Crippen LogP contribution in [-0.4, -0.2) is 18.7 Å². The maximum atomic E-state index is 11.0. The first-order valence-corrected chi connectivity index (χ1v) is 7.16. The molecule has 1 aliphatic carbocycles. The first kappa shape index (κ1) is 14.1. The largest absolute Gasteiger partial charge is 0.385 e. The van der Waals surface area contributed by atoms with Gasteiger partial charge in [-0.25, -0.2) is 0 Å². The molecule has 1 fully saturated rings. The van der Waals surface area contributed by atoms with Crippen LogP contribution in [0.1, 0.15) is 31.2 Å². The van der Waals surface area contributed by atoms with E-state index < -0.39 is 5.60 Å². The maximum absolute atomic E-state index is 11.0. The second kappa shape index (κ2) is 5.79. The van der Waals surface area contributed by atoms with Gasteiger partial charge in [-0.1, -0.05) is 42.1 Å². The third kappa shape index (κ3) is 2.67. The van der Waals surface area contributed by atoms with Crippen LogP contribution < -0.4 is 5.32 Å². The highest BCUT2D eigenvalue weighted by molar-refractivity contribution is 6.42. The van der Waals surface area contributed by atoms with E-state index in [4.69, 9.17) is 23.2 Å². The van der Waals surface area contributed by atoms with E-state index in [0.717, 1.165) is 31.4 Å². The Labute approximate surface area is 118 Å². The lowest BCUT2D eigenvalue weighted by Crippen LogP contribution is -2.42. The van der Waals surface area contributed by atoms with E-state index >= 15 is 0 Å². The van der Waals surface area contributed by atoms with Gasteiger partial charge in [0, 0.05) is 12.5 Å². The molecule has 0 aromatic heterocycles. The van der Waals surface area contributed by atoms with E-state index in [1.807, 2.05) is 13.1 Å². The lowest BCUT2D eigenvalue weighted by atomic mass is 9.71. The monoisotopic (exact) mass is 287 g/mol. The van der Waals surface area contributed by atoms with Crippen LogP contribution in [0.4, 0.5) is 0 Å². The fourth-order valence-electron chi connectivity index (χ4n) is 2.89. The van der Waals surface area contributed by atoms with Crippen molar-refractivity contribution in [3.8, 4) is 0 Å². The van der Waals surface area contributed by atoms with Gasteiger partial charge in [0.25, 0.3) is 0 Å². The summed E-state index contributed by atoms with van der Waals surface area (Å²) in [6.45, 7) is 0.816. The fourth-order valence-corrected chi connectivity index (χ4v) is 3.19. The smallest absolute Gasteiger partial charge is 0.0937 e. The van der Waals surface area contributed by atoms with Gasteiger partial charge in [0.2, 0.25) is 0 Å². The van der Waals surface area contributed by atoms with Gasteiger partial charge in [-0.05, 0) is 37.6 Å². The Bertz CT molecular complexity index is 422. The van der Waals surface area contributed by atoms with Crippen molar-refractivity contribution in [1.82, 2.24) is 5.32 Å². The molecule has 100 valence electrons. The molecular weight excluding hydrogens is 269 g/mol. The van der Waals surface area contributed by atoms with E-state index in [9.17, 15) is 5.11 Å². The lowest BCUT2D eigenvalue weighted by molar-refractivity contribution is -0.0529. The zero-order valence-electron chi connectivity index (χ0n) is 10.5. The SMILES string of the molecule is CNC[C@@H]1CCCC[C@@]1(O)c1ccc(Cl)c(Cl)c1. The van der Waals surface area contributed by atoms with Crippen molar-refractivity contribution in [2.75, 3.05) is 13.6 Å². The van der Waals surface area contributed by atoms with E-state index in [1.54, 1.807) is 12.1 Å². The molecule has 1 aromatic rings. The fraction of sp³-hybridized carbons (Fsp3) is 0.571. The van der Waals surface area contributed by atoms with Gasteiger partial charge in [-0.15, -0.1) is 0 Å². The van der Waals surface area contributed by atoms with Crippen molar-refractivity contribution >= 4 is 23.2 Å². The predicted octanol–water partition coefficient (Wildman–Crippen LogP) is 3.59. The topological polar surface area (TPSA) is 32.3 Å². The molecule has 1 aromatic carbocycles. The summed E-state index contributed by atoms with van der Waals surface area (Å²) in [6.07, 6.45) is 4.06. The Morgan fingerprint density at radius 3 is 2.78 bits per heavy atom. The molecule has 0 aliphatic heterocycles. The zero-order chi connectivity index (χ0) is 13.2. The quantitative estimate of drug-likeness (QED) is 0.891. The van der Waals surface area contributed by atoms with Crippen molar-refractivity contribution in [3.63, 3.8) is 0 Å². The van der Waals surface area contributed by atoms with E-state index in [0.29, 0.717) is 10.0 Å². The number of aliphatic hydroxyl groups is 1. The third-order valence-electron chi connectivity index (χ3n) is 3.91. The van der Waals surface area contributed by atoms with Crippen LogP contribution in [0, 0.1) is 5.92 Å². The molecule has 0 bridgehead atoms. The molecule has 0 spiro atoms. The van der Waals surface area contributed by atoms with Gasteiger partial charge in [-0.2, -0.15) is 0 Å². The van der Waals surface area contributed by atoms with Gasteiger partial charge in [0.1, 0.15) is 0 Å². The molecule has 0 radical (unpaired) electrons. The van der Waals surface area contributed by atoms with Crippen molar-refractivity contribution in [1.29, 1.82) is 0 Å². The summed E-state index contributed by atoms with van der Waals surface area (Å²) < 4.78 is 0. The van der Waals surface area contributed by atoms with Crippen molar-refractivity contribution in [2.24, 2.45) is 5.92 Å². The van der Waals surface area contributed by atoms with Crippen LogP contribution >= 0.6 is 23.2 Å². The summed E-state index contributed by atoms with van der Waals surface area (Å²) in [6, 6.07) is 5.46. The van der Waals surface area contributed by atoms with Crippen LogP contribution in [0.25, 0.3) is 0 Å². The number of nitrogens with one attached hydrogen (secondary N) is 1. The minimum Gasteiger partial charge on any atom is -0.385 e. The molecule has 0 saturated heterocycles. The molecular formula is C14H19Cl2NO. The van der Waals surface area contributed by atoms with Gasteiger partial charge < -0.3 is 10.4 Å². The maximum Gasteiger partial charge on any atom is 0.0937 e. The minimum absolute atomic E-state index is 0.230. The normalized spacial score (nSPS) is 28.3. The van der Waals surface area contributed by atoms with Crippen LogP contribution in [-0.2, 0) is 5.60 Å². The van der Waals surface area contributed by atoms with E-state index in [1.165, 1.54) is 6.42 Å². The lowest BCUT2D eigenvalue weighted by Gasteiger charge is -2.40. The summed E-state index contributed by atoms with van der Waals surface area (Å²) in [4.78, 5) is 0. The van der Waals surface area contributed by atoms with E-state index in [2.05, 4.69) is 5.32 Å². The Morgan fingerprint density at radius 2 is 2.11 bits per heavy atom.